The zero-order valence-corrected chi connectivity index (χ0v) is 10.8. The van der Waals surface area contributed by atoms with Crippen molar-refractivity contribution >= 4 is 40.2 Å². The molecule has 78 valence electrons. The molecule has 1 aromatic rings. The number of hydrogen-bond acceptors (Lipinski definition) is 3. The number of nitrogens with zero attached hydrogens (tertiary/aromatic N) is 1. The van der Waals surface area contributed by atoms with Crippen LogP contribution in [0.1, 0.15) is 22.8 Å². The van der Waals surface area contributed by atoms with E-state index in [2.05, 4.69) is 0 Å². The fourth-order valence-electron chi connectivity index (χ4n) is 1.03. The molecule has 0 aromatic heterocycles. The van der Waals surface area contributed by atoms with E-state index < -0.39 is 5.97 Å². The quantitative estimate of drug-likeness (QED) is 0.617. The average molecular weight is 336 g/mol. The van der Waals surface area contributed by atoms with Gasteiger partial charge < -0.3 is 4.74 Å². The molecule has 3 nitrogen and oxygen atoms in total. The normalized spacial score (nSPS) is 9.47. The zero-order valence-electron chi connectivity index (χ0n) is 7.88. The lowest BCUT2D eigenvalue weighted by molar-refractivity contribution is 0.0525. The van der Waals surface area contributed by atoms with Gasteiger partial charge in [-0.25, -0.2) is 4.79 Å². The third kappa shape index (κ3) is 2.61. The van der Waals surface area contributed by atoms with Crippen LogP contribution in [0.25, 0.3) is 0 Å². The number of carbonyl (C=O) groups is 1. The molecule has 0 N–H and O–H groups in total. The van der Waals surface area contributed by atoms with Crippen molar-refractivity contribution in [1.82, 2.24) is 0 Å². The van der Waals surface area contributed by atoms with Gasteiger partial charge >= 0.3 is 5.97 Å². The number of nitriles is 1. The van der Waals surface area contributed by atoms with E-state index in [9.17, 15) is 4.79 Å². The van der Waals surface area contributed by atoms with Gasteiger partial charge in [0, 0.05) is 3.57 Å². The molecular weight excluding hydrogens is 328 g/mol. The molecule has 0 aliphatic heterocycles. The lowest BCUT2D eigenvalue weighted by atomic mass is 10.1. The summed E-state index contributed by atoms with van der Waals surface area (Å²) >= 11 is 7.90. The van der Waals surface area contributed by atoms with E-state index in [-0.39, 0.29) is 22.8 Å². The number of ether oxygens (including phenoxy) is 1. The van der Waals surface area contributed by atoms with Gasteiger partial charge in [-0.05, 0) is 41.6 Å². The molecule has 0 unspecified atom stereocenters. The second-order valence-electron chi connectivity index (χ2n) is 2.62. The van der Waals surface area contributed by atoms with E-state index in [0.717, 1.165) is 0 Å². The van der Waals surface area contributed by atoms with Crippen LogP contribution in [0, 0.1) is 14.9 Å². The Morgan fingerprint density at radius 1 is 1.67 bits per heavy atom. The fourth-order valence-corrected chi connectivity index (χ4v) is 2.14. The summed E-state index contributed by atoms with van der Waals surface area (Å²) in [4.78, 5) is 11.5. The molecule has 1 aromatic carbocycles. The molecule has 0 saturated heterocycles. The monoisotopic (exact) mass is 335 g/mol. The van der Waals surface area contributed by atoms with E-state index in [1.54, 1.807) is 19.1 Å². The highest BCUT2D eigenvalue weighted by Crippen LogP contribution is 2.26. The Bertz CT molecular complexity index is 440. The summed E-state index contributed by atoms with van der Waals surface area (Å²) < 4.78 is 5.53. The van der Waals surface area contributed by atoms with Gasteiger partial charge in [0.2, 0.25) is 0 Å². The predicted molar refractivity (Wildman–Crippen MR) is 64.8 cm³/mol. The second kappa shape index (κ2) is 5.33. The van der Waals surface area contributed by atoms with Crippen LogP contribution >= 0.6 is 34.2 Å². The van der Waals surface area contributed by atoms with Crippen molar-refractivity contribution in [2.45, 2.75) is 6.92 Å². The topological polar surface area (TPSA) is 50.1 Å². The minimum Gasteiger partial charge on any atom is -0.462 e. The van der Waals surface area contributed by atoms with Crippen LogP contribution in [0.4, 0.5) is 0 Å². The Labute approximate surface area is 106 Å². The molecular formula is C10H7ClINO2. The third-order valence-corrected chi connectivity index (χ3v) is 2.98. The van der Waals surface area contributed by atoms with Crippen LogP contribution in [0.5, 0.6) is 0 Å². The largest absolute Gasteiger partial charge is 0.462 e. The van der Waals surface area contributed by atoms with Gasteiger partial charge in [0.05, 0.1) is 22.8 Å². The molecule has 0 fully saturated rings. The van der Waals surface area contributed by atoms with E-state index in [1.165, 1.54) is 0 Å². The summed E-state index contributed by atoms with van der Waals surface area (Å²) in [5.41, 5.74) is 0.540. The predicted octanol–water partition coefficient (Wildman–Crippen LogP) is 2.99. The molecule has 0 amide bonds. The van der Waals surface area contributed by atoms with Crippen molar-refractivity contribution in [3.05, 3.63) is 31.9 Å². The number of halogens is 2. The number of rotatable bonds is 2. The maximum absolute atomic E-state index is 11.5. The molecule has 0 radical (unpaired) electrons. The molecule has 0 saturated carbocycles. The summed E-state index contributed by atoms with van der Waals surface area (Å²) in [6.45, 7) is 1.99. The van der Waals surface area contributed by atoms with Crippen molar-refractivity contribution in [3.8, 4) is 6.07 Å². The summed E-state index contributed by atoms with van der Waals surface area (Å²) in [5, 5.41) is 8.91. The maximum atomic E-state index is 11.5. The van der Waals surface area contributed by atoms with Gasteiger partial charge in [-0.15, -0.1) is 0 Å². The summed E-state index contributed by atoms with van der Waals surface area (Å²) in [6.07, 6.45) is 0. The van der Waals surface area contributed by atoms with Gasteiger partial charge in [0.15, 0.2) is 0 Å². The molecule has 0 bridgehead atoms. The first kappa shape index (κ1) is 12.3. The molecule has 15 heavy (non-hydrogen) atoms. The Morgan fingerprint density at radius 3 is 2.87 bits per heavy atom. The molecule has 0 aliphatic rings. The second-order valence-corrected chi connectivity index (χ2v) is 4.16. The Morgan fingerprint density at radius 2 is 2.33 bits per heavy atom. The van der Waals surface area contributed by atoms with Gasteiger partial charge in [-0.1, -0.05) is 11.6 Å². The number of carbonyl (C=O) groups excluding carboxylic acids is 1. The van der Waals surface area contributed by atoms with Crippen LogP contribution in [-0.4, -0.2) is 12.6 Å². The highest BCUT2D eigenvalue weighted by Gasteiger charge is 2.18. The van der Waals surface area contributed by atoms with Crippen LogP contribution in [0.2, 0.25) is 5.02 Å². The number of benzene rings is 1. The van der Waals surface area contributed by atoms with Crippen molar-refractivity contribution < 1.29 is 9.53 Å². The van der Waals surface area contributed by atoms with E-state index in [0.29, 0.717) is 3.57 Å². The minimum atomic E-state index is -0.496. The number of esters is 1. The molecule has 1 rings (SSSR count). The van der Waals surface area contributed by atoms with Gasteiger partial charge in [-0.2, -0.15) is 5.26 Å². The molecule has 0 aliphatic carbocycles. The molecule has 5 heteroatoms. The molecule has 0 atom stereocenters. The molecule has 0 heterocycles. The van der Waals surface area contributed by atoms with E-state index in [4.69, 9.17) is 21.6 Å². The van der Waals surface area contributed by atoms with Crippen LogP contribution < -0.4 is 0 Å². The lowest BCUT2D eigenvalue weighted by Crippen LogP contribution is -2.08. The van der Waals surface area contributed by atoms with Crippen molar-refractivity contribution in [2.24, 2.45) is 0 Å². The van der Waals surface area contributed by atoms with Gasteiger partial charge in [-0.3, -0.25) is 0 Å². The van der Waals surface area contributed by atoms with Crippen molar-refractivity contribution in [2.75, 3.05) is 6.61 Å². The summed E-state index contributed by atoms with van der Waals surface area (Å²) in [7, 11) is 0. The van der Waals surface area contributed by atoms with Crippen molar-refractivity contribution in [3.63, 3.8) is 0 Å². The Hall–Kier alpha value is -0.800. The third-order valence-electron chi connectivity index (χ3n) is 1.69. The average Bonchev–Trinajstić information content (AvgIpc) is 2.18. The zero-order chi connectivity index (χ0) is 11.4. The van der Waals surface area contributed by atoms with Crippen molar-refractivity contribution in [1.29, 1.82) is 5.26 Å². The minimum absolute atomic E-state index is 0.155. The van der Waals surface area contributed by atoms with Crippen LogP contribution in [0.15, 0.2) is 12.1 Å². The van der Waals surface area contributed by atoms with Gasteiger partial charge in [0.1, 0.15) is 6.07 Å². The number of hydrogen-bond donors (Lipinski definition) is 0. The smallest absolute Gasteiger partial charge is 0.340 e. The first-order valence-electron chi connectivity index (χ1n) is 4.17. The van der Waals surface area contributed by atoms with E-state index >= 15 is 0 Å². The summed E-state index contributed by atoms with van der Waals surface area (Å²) in [6, 6.07) is 5.16. The standard InChI is InChI=1S/C10H7ClINO2/c1-2-15-10(14)8-7(12)4-3-6(5-13)9(8)11/h3-4H,2H2,1H3. The highest BCUT2D eigenvalue weighted by molar-refractivity contribution is 14.1. The Balaban J connectivity index is 3.28. The van der Waals surface area contributed by atoms with Crippen LogP contribution in [-0.2, 0) is 4.74 Å². The first-order valence-corrected chi connectivity index (χ1v) is 5.62. The Kier molecular flexibility index (Phi) is 4.36. The lowest BCUT2D eigenvalue weighted by Gasteiger charge is -2.07. The SMILES string of the molecule is CCOC(=O)c1c(I)ccc(C#N)c1Cl. The van der Waals surface area contributed by atoms with Crippen LogP contribution in [0.3, 0.4) is 0 Å². The van der Waals surface area contributed by atoms with E-state index in [1.807, 2.05) is 28.7 Å². The summed E-state index contributed by atoms with van der Waals surface area (Å²) in [5.74, 6) is -0.496. The maximum Gasteiger partial charge on any atom is 0.340 e. The highest BCUT2D eigenvalue weighted by atomic mass is 127. The van der Waals surface area contributed by atoms with Gasteiger partial charge in [0.25, 0.3) is 0 Å². The first-order chi connectivity index (χ1) is 7.11. The fraction of sp³-hybridized carbons (Fsp3) is 0.200. The molecule has 0 spiro atoms.